The summed E-state index contributed by atoms with van der Waals surface area (Å²) >= 11 is 0. The van der Waals surface area contributed by atoms with Crippen molar-refractivity contribution in [3.05, 3.63) is 29.6 Å². The van der Waals surface area contributed by atoms with Crippen LogP contribution in [0.15, 0.2) is 18.2 Å². The van der Waals surface area contributed by atoms with Crippen LogP contribution >= 0.6 is 0 Å². The Kier molecular flexibility index (Phi) is 6.61. The predicted molar refractivity (Wildman–Crippen MR) is 81.5 cm³/mol. The Labute approximate surface area is 130 Å². The summed E-state index contributed by atoms with van der Waals surface area (Å²) in [5.74, 6) is -0.184. The van der Waals surface area contributed by atoms with Crippen LogP contribution in [-0.4, -0.2) is 57.3 Å². The fourth-order valence-corrected chi connectivity index (χ4v) is 2.39. The SMILES string of the molecule is COc1ccc(CCC(=O)NCCN2CCOCC2)cc1F. The highest BCUT2D eigenvalue weighted by Crippen LogP contribution is 2.18. The number of rotatable bonds is 7. The van der Waals surface area contributed by atoms with Gasteiger partial charge in [0.15, 0.2) is 11.6 Å². The highest BCUT2D eigenvalue weighted by atomic mass is 19.1. The lowest BCUT2D eigenvalue weighted by molar-refractivity contribution is -0.121. The van der Waals surface area contributed by atoms with Gasteiger partial charge in [0.2, 0.25) is 5.91 Å². The molecule has 5 nitrogen and oxygen atoms in total. The molecule has 122 valence electrons. The molecule has 1 saturated heterocycles. The lowest BCUT2D eigenvalue weighted by atomic mass is 10.1. The summed E-state index contributed by atoms with van der Waals surface area (Å²) in [5, 5.41) is 2.90. The summed E-state index contributed by atoms with van der Waals surface area (Å²) in [6.07, 6.45) is 0.874. The number of nitrogens with zero attached hydrogens (tertiary/aromatic N) is 1. The van der Waals surface area contributed by atoms with Crippen LogP contribution in [0.25, 0.3) is 0 Å². The Balaban J connectivity index is 1.65. The number of hydrogen-bond acceptors (Lipinski definition) is 4. The van der Waals surface area contributed by atoms with E-state index in [1.165, 1.54) is 13.2 Å². The van der Waals surface area contributed by atoms with Crippen molar-refractivity contribution in [2.75, 3.05) is 46.5 Å². The molecule has 22 heavy (non-hydrogen) atoms. The number of hydrogen-bond donors (Lipinski definition) is 1. The highest BCUT2D eigenvalue weighted by Gasteiger charge is 2.10. The van der Waals surface area contributed by atoms with E-state index >= 15 is 0 Å². The second kappa shape index (κ2) is 8.70. The molecule has 0 aromatic heterocycles. The van der Waals surface area contributed by atoms with Crippen molar-refractivity contribution >= 4 is 5.91 Å². The van der Waals surface area contributed by atoms with Gasteiger partial charge in [0.05, 0.1) is 20.3 Å². The number of benzene rings is 1. The van der Waals surface area contributed by atoms with Crippen molar-refractivity contribution in [2.45, 2.75) is 12.8 Å². The molecule has 1 aliphatic rings. The van der Waals surface area contributed by atoms with Gasteiger partial charge in [-0.2, -0.15) is 0 Å². The second-order valence-electron chi connectivity index (χ2n) is 5.27. The molecule has 6 heteroatoms. The molecule has 1 amide bonds. The predicted octanol–water partition coefficient (Wildman–Crippen LogP) is 1.22. The third-order valence-corrected chi connectivity index (χ3v) is 3.71. The van der Waals surface area contributed by atoms with Crippen LogP contribution in [0.1, 0.15) is 12.0 Å². The van der Waals surface area contributed by atoms with Crippen molar-refractivity contribution in [1.29, 1.82) is 0 Å². The van der Waals surface area contributed by atoms with Crippen molar-refractivity contribution in [1.82, 2.24) is 10.2 Å². The average Bonchev–Trinajstić information content (AvgIpc) is 2.54. The molecular weight excluding hydrogens is 287 g/mol. The molecule has 1 N–H and O–H groups in total. The third-order valence-electron chi connectivity index (χ3n) is 3.71. The minimum Gasteiger partial charge on any atom is -0.494 e. The summed E-state index contributed by atoms with van der Waals surface area (Å²) in [4.78, 5) is 14.1. The van der Waals surface area contributed by atoms with E-state index in [9.17, 15) is 9.18 Å². The molecule has 0 unspecified atom stereocenters. The van der Waals surface area contributed by atoms with E-state index in [2.05, 4.69) is 10.2 Å². The molecule has 2 rings (SSSR count). The summed E-state index contributed by atoms with van der Waals surface area (Å²) in [6, 6.07) is 4.78. The van der Waals surface area contributed by atoms with Crippen molar-refractivity contribution in [3.8, 4) is 5.75 Å². The Morgan fingerprint density at radius 1 is 1.41 bits per heavy atom. The number of morpholine rings is 1. The molecule has 0 saturated carbocycles. The molecule has 1 fully saturated rings. The highest BCUT2D eigenvalue weighted by molar-refractivity contribution is 5.76. The number of carbonyl (C=O) groups is 1. The molecule has 1 aromatic rings. The standard InChI is InChI=1S/C16H23FN2O3/c1-21-15-4-2-13(12-14(15)17)3-5-16(20)18-6-7-19-8-10-22-11-9-19/h2,4,12H,3,5-11H2,1H3,(H,18,20). The van der Waals surface area contributed by atoms with Crippen LogP contribution in [-0.2, 0) is 16.0 Å². The number of aryl methyl sites for hydroxylation is 1. The number of halogens is 1. The Morgan fingerprint density at radius 3 is 2.86 bits per heavy atom. The largest absolute Gasteiger partial charge is 0.494 e. The van der Waals surface area contributed by atoms with Gasteiger partial charge in [0.25, 0.3) is 0 Å². The summed E-state index contributed by atoms with van der Waals surface area (Å²) in [6.45, 7) is 4.83. The van der Waals surface area contributed by atoms with Crippen LogP contribution in [0, 0.1) is 5.82 Å². The maximum atomic E-state index is 13.5. The molecule has 0 radical (unpaired) electrons. The smallest absolute Gasteiger partial charge is 0.220 e. The van der Waals surface area contributed by atoms with Crippen LogP contribution in [0.3, 0.4) is 0 Å². The number of nitrogens with one attached hydrogen (secondary N) is 1. The summed E-state index contributed by atoms with van der Waals surface area (Å²) < 4.78 is 23.7. The van der Waals surface area contributed by atoms with Gasteiger partial charge < -0.3 is 14.8 Å². The molecule has 0 atom stereocenters. The van der Waals surface area contributed by atoms with E-state index < -0.39 is 5.82 Å². The van der Waals surface area contributed by atoms with Gasteiger partial charge in [-0.1, -0.05) is 6.07 Å². The quantitative estimate of drug-likeness (QED) is 0.823. The maximum absolute atomic E-state index is 13.5. The van der Waals surface area contributed by atoms with Crippen LogP contribution in [0.4, 0.5) is 4.39 Å². The molecule has 1 heterocycles. The zero-order chi connectivity index (χ0) is 15.8. The second-order valence-corrected chi connectivity index (χ2v) is 5.27. The fourth-order valence-electron chi connectivity index (χ4n) is 2.39. The first-order valence-corrected chi connectivity index (χ1v) is 7.58. The molecule has 0 aliphatic carbocycles. The van der Waals surface area contributed by atoms with Gasteiger partial charge in [-0.3, -0.25) is 9.69 Å². The van der Waals surface area contributed by atoms with E-state index in [0.29, 0.717) is 19.4 Å². The zero-order valence-corrected chi connectivity index (χ0v) is 12.9. The molecule has 0 bridgehead atoms. The normalized spacial score (nSPS) is 15.5. The van der Waals surface area contributed by atoms with E-state index in [1.54, 1.807) is 12.1 Å². The molecular formula is C16H23FN2O3. The lowest BCUT2D eigenvalue weighted by Gasteiger charge is -2.26. The van der Waals surface area contributed by atoms with Crippen LogP contribution in [0.2, 0.25) is 0 Å². The first-order valence-electron chi connectivity index (χ1n) is 7.58. The van der Waals surface area contributed by atoms with Crippen molar-refractivity contribution in [3.63, 3.8) is 0 Å². The van der Waals surface area contributed by atoms with E-state index in [4.69, 9.17) is 9.47 Å². The maximum Gasteiger partial charge on any atom is 0.220 e. The van der Waals surface area contributed by atoms with Gasteiger partial charge in [-0.05, 0) is 24.1 Å². The van der Waals surface area contributed by atoms with E-state index in [-0.39, 0.29) is 11.7 Å². The molecule has 1 aliphatic heterocycles. The van der Waals surface area contributed by atoms with E-state index in [0.717, 1.165) is 38.4 Å². The number of carbonyl (C=O) groups excluding carboxylic acids is 1. The number of methoxy groups -OCH3 is 1. The minimum atomic E-state index is -0.396. The summed E-state index contributed by atoms with van der Waals surface area (Å²) in [7, 11) is 1.43. The Bertz CT molecular complexity index is 490. The monoisotopic (exact) mass is 310 g/mol. The summed E-state index contributed by atoms with van der Waals surface area (Å²) in [5.41, 5.74) is 0.793. The van der Waals surface area contributed by atoms with Gasteiger partial charge >= 0.3 is 0 Å². The number of ether oxygens (including phenoxy) is 2. The van der Waals surface area contributed by atoms with Gasteiger partial charge in [-0.15, -0.1) is 0 Å². The van der Waals surface area contributed by atoms with E-state index in [1.807, 2.05) is 0 Å². The average molecular weight is 310 g/mol. The van der Waals surface area contributed by atoms with Crippen LogP contribution in [0.5, 0.6) is 5.75 Å². The first-order chi connectivity index (χ1) is 10.7. The van der Waals surface area contributed by atoms with Gasteiger partial charge in [-0.25, -0.2) is 4.39 Å². The zero-order valence-electron chi connectivity index (χ0n) is 12.9. The Hall–Kier alpha value is -1.66. The first kappa shape index (κ1) is 16.7. The lowest BCUT2D eigenvalue weighted by Crippen LogP contribution is -2.41. The Morgan fingerprint density at radius 2 is 2.18 bits per heavy atom. The van der Waals surface area contributed by atoms with Crippen molar-refractivity contribution < 1.29 is 18.7 Å². The molecule has 1 aromatic carbocycles. The molecule has 0 spiro atoms. The topological polar surface area (TPSA) is 50.8 Å². The fraction of sp³-hybridized carbons (Fsp3) is 0.562. The third kappa shape index (κ3) is 5.27. The minimum absolute atomic E-state index is 0.00974. The van der Waals surface area contributed by atoms with Gasteiger partial charge in [0, 0.05) is 32.6 Å². The van der Waals surface area contributed by atoms with Crippen LogP contribution < -0.4 is 10.1 Å². The van der Waals surface area contributed by atoms with Gasteiger partial charge in [0.1, 0.15) is 0 Å². The van der Waals surface area contributed by atoms with Crippen molar-refractivity contribution in [2.24, 2.45) is 0 Å². The number of amides is 1.